The molecule has 1 fully saturated rings. The number of halogens is 1. The average molecular weight is 304 g/mol. The number of hydrogen-bond acceptors (Lipinski definition) is 6. The van der Waals surface area contributed by atoms with Crippen molar-refractivity contribution in [1.29, 1.82) is 5.26 Å². The van der Waals surface area contributed by atoms with Gasteiger partial charge in [-0.2, -0.15) is 10.2 Å². The van der Waals surface area contributed by atoms with Gasteiger partial charge in [-0.3, -0.25) is 4.90 Å². The zero-order valence-electron chi connectivity index (χ0n) is 11.3. The van der Waals surface area contributed by atoms with Gasteiger partial charge in [-0.05, 0) is 12.1 Å². The smallest absolute Gasteiger partial charge is 0.241 e. The van der Waals surface area contributed by atoms with Crippen molar-refractivity contribution in [1.82, 2.24) is 20.4 Å². The fourth-order valence-electron chi connectivity index (χ4n) is 2.30. The van der Waals surface area contributed by atoms with Crippen LogP contribution in [0, 0.1) is 11.3 Å². The average Bonchev–Trinajstić information content (AvgIpc) is 2.96. The molecule has 1 unspecified atom stereocenters. The summed E-state index contributed by atoms with van der Waals surface area (Å²) in [4.78, 5) is 6.41. The van der Waals surface area contributed by atoms with Crippen LogP contribution in [0.3, 0.4) is 0 Å². The molecule has 0 spiro atoms. The third-order valence-corrected chi connectivity index (χ3v) is 3.63. The molecule has 21 heavy (non-hydrogen) atoms. The summed E-state index contributed by atoms with van der Waals surface area (Å²) in [6, 6.07) is 9.42. The molecular formula is C14H14ClN5O. The molecule has 0 bridgehead atoms. The topological polar surface area (TPSA) is 78.0 Å². The standard InChI is InChI=1S/C14H14ClN5O/c15-11-3-1-2-10(6-11)14-18-13(21-19-14)9-20-5-4-17-8-12(20)7-16/h1-3,6,12,17H,4-5,8-9H2. The highest BCUT2D eigenvalue weighted by Crippen LogP contribution is 2.20. The Labute approximate surface area is 127 Å². The van der Waals surface area contributed by atoms with E-state index in [4.69, 9.17) is 21.4 Å². The number of nitrogens with zero attached hydrogens (tertiary/aromatic N) is 4. The molecule has 2 aromatic rings. The van der Waals surface area contributed by atoms with Crippen LogP contribution < -0.4 is 5.32 Å². The number of piperazine rings is 1. The Morgan fingerprint density at radius 3 is 3.24 bits per heavy atom. The predicted octanol–water partition coefficient (Wildman–Crippen LogP) is 1.69. The van der Waals surface area contributed by atoms with E-state index in [2.05, 4.69) is 21.5 Å². The van der Waals surface area contributed by atoms with Crippen molar-refractivity contribution in [2.45, 2.75) is 12.6 Å². The highest BCUT2D eigenvalue weighted by atomic mass is 35.5. The molecule has 7 heteroatoms. The SMILES string of the molecule is N#CC1CNCCN1Cc1nc(-c2cccc(Cl)c2)no1. The van der Waals surface area contributed by atoms with Crippen molar-refractivity contribution in [3.63, 3.8) is 0 Å². The van der Waals surface area contributed by atoms with E-state index in [1.54, 1.807) is 12.1 Å². The summed E-state index contributed by atoms with van der Waals surface area (Å²) in [6.07, 6.45) is 0. The highest BCUT2D eigenvalue weighted by Gasteiger charge is 2.23. The molecule has 6 nitrogen and oxygen atoms in total. The normalized spacial score (nSPS) is 19.3. The van der Waals surface area contributed by atoms with E-state index in [-0.39, 0.29) is 6.04 Å². The van der Waals surface area contributed by atoms with E-state index in [1.165, 1.54) is 0 Å². The van der Waals surface area contributed by atoms with E-state index in [0.717, 1.165) is 18.7 Å². The van der Waals surface area contributed by atoms with Gasteiger partial charge < -0.3 is 9.84 Å². The highest BCUT2D eigenvalue weighted by molar-refractivity contribution is 6.30. The fraction of sp³-hybridized carbons (Fsp3) is 0.357. The molecule has 0 amide bonds. The lowest BCUT2D eigenvalue weighted by atomic mass is 10.2. The van der Waals surface area contributed by atoms with Crippen molar-refractivity contribution in [2.24, 2.45) is 0 Å². The minimum atomic E-state index is -0.166. The summed E-state index contributed by atoms with van der Waals surface area (Å²) >= 11 is 5.96. The van der Waals surface area contributed by atoms with Crippen LogP contribution in [0.2, 0.25) is 5.02 Å². The van der Waals surface area contributed by atoms with Crippen molar-refractivity contribution >= 4 is 11.6 Å². The molecular weight excluding hydrogens is 290 g/mol. The van der Waals surface area contributed by atoms with Crippen molar-refractivity contribution in [3.05, 3.63) is 35.2 Å². The molecule has 0 radical (unpaired) electrons. The molecule has 1 atom stereocenters. The van der Waals surface area contributed by atoms with Gasteiger partial charge in [-0.15, -0.1) is 0 Å². The maximum Gasteiger partial charge on any atom is 0.241 e. The molecule has 0 saturated carbocycles. The monoisotopic (exact) mass is 303 g/mol. The molecule has 1 saturated heterocycles. The predicted molar refractivity (Wildman–Crippen MR) is 77.4 cm³/mol. The molecule has 1 N–H and O–H groups in total. The first kappa shape index (κ1) is 14.0. The summed E-state index contributed by atoms with van der Waals surface area (Å²) in [7, 11) is 0. The Morgan fingerprint density at radius 2 is 2.43 bits per heavy atom. The van der Waals surface area contributed by atoms with Crippen LogP contribution in [0.4, 0.5) is 0 Å². The molecule has 1 aliphatic rings. The second-order valence-electron chi connectivity index (χ2n) is 4.84. The van der Waals surface area contributed by atoms with E-state index < -0.39 is 0 Å². The maximum absolute atomic E-state index is 9.14. The van der Waals surface area contributed by atoms with Crippen LogP contribution in [0.5, 0.6) is 0 Å². The second kappa shape index (κ2) is 6.22. The van der Waals surface area contributed by atoms with Gasteiger partial charge in [-0.1, -0.05) is 28.9 Å². The number of nitrogens with one attached hydrogen (secondary N) is 1. The van der Waals surface area contributed by atoms with Crippen LogP contribution in [0.1, 0.15) is 5.89 Å². The van der Waals surface area contributed by atoms with E-state index in [1.807, 2.05) is 17.0 Å². The quantitative estimate of drug-likeness (QED) is 0.929. The Balaban J connectivity index is 1.75. The lowest BCUT2D eigenvalue weighted by Crippen LogP contribution is -2.50. The first-order valence-corrected chi connectivity index (χ1v) is 7.07. The van der Waals surface area contributed by atoms with Crippen LogP contribution in [-0.4, -0.2) is 40.7 Å². The van der Waals surface area contributed by atoms with Gasteiger partial charge in [0, 0.05) is 30.2 Å². The van der Waals surface area contributed by atoms with Crippen molar-refractivity contribution < 1.29 is 4.52 Å². The van der Waals surface area contributed by atoms with Crippen LogP contribution >= 0.6 is 11.6 Å². The molecule has 2 heterocycles. The van der Waals surface area contributed by atoms with Gasteiger partial charge in [0.2, 0.25) is 11.7 Å². The number of benzene rings is 1. The van der Waals surface area contributed by atoms with Gasteiger partial charge in [-0.25, -0.2) is 0 Å². The third kappa shape index (κ3) is 3.22. The summed E-state index contributed by atoms with van der Waals surface area (Å²) < 4.78 is 5.28. The summed E-state index contributed by atoms with van der Waals surface area (Å²) in [5.74, 6) is 1.02. The lowest BCUT2D eigenvalue weighted by molar-refractivity contribution is 0.167. The van der Waals surface area contributed by atoms with Gasteiger partial charge in [0.15, 0.2) is 0 Å². The zero-order valence-corrected chi connectivity index (χ0v) is 12.0. The van der Waals surface area contributed by atoms with Gasteiger partial charge in [0.25, 0.3) is 0 Å². The number of rotatable bonds is 3. The molecule has 0 aliphatic carbocycles. The molecule has 1 aliphatic heterocycles. The first-order valence-electron chi connectivity index (χ1n) is 6.69. The van der Waals surface area contributed by atoms with E-state index in [9.17, 15) is 0 Å². The Hall–Kier alpha value is -1.94. The Morgan fingerprint density at radius 1 is 1.52 bits per heavy atom. The van der Waals surface area contributed by atoms with Gasteiger partial charge >= 0.3 is 0 Å². The van der Waals surface area contributed by atoms with Crippen LogP contribution in [0.25, 0.3) is 11.4 Å². The Kier molecular flexibility index (Phi) is 4.15. The molecule has 108 valence electrons. The number of hydrogen-bond donors (Lipinski definition) is 1. The van der Waals surface area contributed by atoms with E-state index in [0.29, 0.717) is 29.8 Å². The molecule has 3 rings (SSSR count). The maximum atomic E-state index is 9.14. The fourth-order valence-corrected chi connectivity index (χ4v) is 2.49. The summed E-state index contributed by atoms with van der Waals surface area (Å²) in [6.45, 7) is 2.78. The number of aromatic nitrogens is 2. The van der Waals surface area contributed by atoms with Crippen LogP contribution in [0.15, 0.2) is 28.8 Å². The van der Waals surface area contributed by atoms with Crippen LogP contribution in [-0.2, 0) is 6.54 Å². The zero-order chi connectivity index (χ0) is 14.7. The second-order valence-corrected chi connectivity index (χ2v) is 5.28. The molecule has 1 aromatic carbocycles. The summed E-state index contributed by atoms with van der Waals surface area (Å²) in [5.41, 5.74) is 0.814. The summed E-state index contributed by atoms with van der Waals surface area (Å²) in [5, 5.41) is 16.9. The van der Waals surface area contributed by atoms with Crippen molar-refractivity contribution in [3.8, 4) is 17.5 Å². The lowest BCUT2D eigenvalue weighted by Gasteiger charge is -2.30. The first-order chi connectivity index (χ1) is 10.3. The van der Waals surface area contributed by atoms with E-state index >= 15 is 0 Å². The largest absolute Gasteiger partial charge is 0.338 e. The van der Waals surface area contributed by atoms with Crippen molar-refractivity contribution in [2.75, 3.05) is 19.6 Å². The number of nitriles is 1. The molecule has 1 aromatic heterocycles. The van der Waals surface area contributed by atoms with Gasteiger partial charge in [0.05, 0.1) is 12.6 Å². The minimum Gasteiger partial charge on any atom is -0.338 e. The Bertz CT molecular complexity index is 665. The minimum absolute atomic E-state index is 0.166. The third-order valence-electron chi connectivity index (χ3n) is 3.39. The van der Waals surface area contributed by atoms with Gasteiger partial charge in [0.1, 0.15) is 6.04 Å².